The third kappa shape index (κ3) is 4.08. The number of likely N-dealkylation sites (N-methyl/N-ethyl adjacent to an activating group) is 1. The van der Waals surface area contributed by atoms with Crippen LogP contribution < -0.4 is 24.4 Å². The van der Waals surface area contributed by atoms with Gasteiger partial charge >= 0.3 is 0 Å². The van der Waals surface area contributed by atoms with Crippen LogP contribution in [0.2, 0.25) is 0 Å². The minimum Gasteiger partial charge on any atom is -0.497 e. The molecule has 6 nitrogen and oxygen atoms in total. The summed E-state index contributed by atoms with van der Waals surface area (Å²) >= 11 is 0. The maximum Gasteiger partial charge on any atom is 0.251 e. The molecule has 1 heterocycles. The number of ether oxygens (including phenoxy) is 3. The fraction of sp³-hybridized carbons (Fsp3) is 0.350. The van der Waals surface area contributed by atoms with Crippen molar-refractivity contribution in [2.75, 3.05) is 41.0 Å². The molecule has 0 fully saturated rings. The van der Waals surface area contributed by atoms with Gasteiger partial charge in [-0.3, -0.25) is 4.79 Å². The van der Waals surface area contributed by atoms with Crippen molar-refractivity contribution in [1.29, 1.82) is 0 Å². The standard InChI is InChI=1S/C20H24N2O4/c1-22(2)17(14-4-7-16(24-3)8-5-14)13-21-20(23)15-6-9-18-19(12-15)26-11-10-25-18/h4-9,12,17H,10-11,13H2,1-3H3,(H,21,23)/p+1/t17-/m1/s1. The summed E-state index contributed by atoms with van der Waals surface area (Å²) in [6, 6.07) is 13.4. The zero-order valence-corrected chi connectivity index (χ0v) is 15.4. The second kappa shape index (κ2) is 8.10. The molecule has 0 saturated heterocycles. The lowest BCUT2D eigenvalue weighted by Gasteiger charge is -2.23. The fourth-order valence-corrected chi connectivity index (χ4v) is 2.97. The van der Waals surface area contributed by atoms with Gasteiger partial charge in [-0.05, 0) is 42.5 Å². The van der Waals surface area contributed by atoms with Gasteiger partial charge in [0.1, 0.15) is 25.0 Å². The summed E-state index contributed by atoms with van der Waals surface area (Å²) in [5, 5.41) is 3.03. The molecule has 1 aliphatic rings. The van der Waals surface area contributed by atoms with Crippen molar-refractivity contribution in [3.63, 3.8) is 0 Å². The minimum absolute atomic E-state index is 0.123. The third-order valence-electron chi connectivity index (χ3n) is 4.49. The molecule has 0 unspecified atom stereocenters. The van der Waals surface area contributed by atoms with Crippen molar-refractivity contribution < 1.29 is 23.9 Å². The molecule has 1 amide bonds. The first-order valence-electron chi connectivity index (χ1n) is 8.70. The number of rotatable bonds is 6. The monoisotopic (exact) mass is 357 g/mol. The number of hydrogen-bond acceptors (Lipinski definition) is 4. The van der Waals surface area contributed by atoms with Crippen molar-refractivity contribution >= 4 is 5.91 Å². The van der Waals surface area contributed by atoms with Crippen LogP contribution in [0.5, 0.6) is 17.2 Å². The molecule has 0 aliphatic carbocycles. The normalized spacial score (nSPS) is 14.0. The number of carbonyl (C=O) groups excluding carboxylic acids is 1. The second-order valence-electron chi connectivity index (χ2n) is 6.47. The van der Waals surface area contributed by atoms with E-state index in [0.29, 0.717) is 36.8 Å². The average Bonchev–Trinajstić information content (AvgIpc) is 2.67. The van der Waals surface area contributed by atoms with E-state index in [9.17, 15) is 4.79 Å². The van der Waals surface area contributed by atoms with E-state index in [0.717, 1.165) is 11.3 Å². The van der Waals surface area contributed by atoms with Crippen molar-refractivity contribution in [1.82, 2.24) is 5.32 Å². The average molecular weight is 357 g/mol. The van der Waals surface area contributed by atoms with Crippen LogP contribution in [-0.2, 0) is 0 Å². The van der Waals surface area contributed by atoms with E-state index in [1.54, 1.807) is 25.3 Å². The lowest BCUT2D eigenvalue weighted by Crippen LogP contribution is -3.07. The van der Waals surface area contributed by atoms with Crippen molar-refractivity contribution in [2.24, 2.45) is 0 Å². The third-order valence-corrected chi connectivity index (χ3v) is 4.49. The summed E-state index contributed by atoms with van der Waals surface area (Å²) in [6.45, 7) is 1.57. The van der Waals surface area contributed by atoms with E-state index >= 15 is 0 Å². The number of nitrogens with one attached hydrogen (secondary N) is 2. The summed E-state index contributed by atoms with van der Waals surface area (Å²) in [4.78, 5) is 13.8. The van der Waals surface area contributed by atoms with Crippen molar-refractivity contribution in [2.45, 2.75) is 6.04 Å². The van der Waals surface area contributed by atoms with Crippen LogP contribution in [0.1, 0.15) is 22.0 Å². The molecule has 0 aromatic heterocycles. The van der Waals surface area contributed by atoms with Crippen LogP contribution in [0, 0.1) is 0 Å². The maximum absolute atomic E-state index is 12.6. The summed E-state index contributed by atoms with van der Waals surface area (Å²) in [6.07, 6.45) is 0. The van der Waals surface area contributed by atoms with E-state index in [2.05, 4.69) is 19.4 Å². The Kier molecular flexibility index (Phi) is 5.63. The molecule has 138 valence electrons. The largest absolute Gasteiger partial charge is 0.497 e. The van der Waals surface area contributed by atoms with Crippen LogP contribution >= 0.6 is 0 Å². The number of methoxy groups -OCH3 is 1. The van der Waals surface area contributed by atoms with Crippen molar-refractivity contribution in [3.8, 4) is 17.2 Å². The Morgan fingerprint density at radius 3 is 2.46 bits per heavy atom. The smallest absolute Gasteiger partial charge is 0.251 e. The number of benzene rings is 2. The SMILES string of the molecule is COc1ccc([C@@H](CNC(=O)c2ccc3c(c2)OCCO3)[NH+](C)C)cc1. The zero-order chi connectivity index (χ0) is 18.5. The van der Waals surface area contributed by atoms with Crippen LogP contribution in [-0.4, -0.2) is 46.9 Å². The fourth-order valence-electron chi connectivity index (χ4n) is 2.97. The predicted molar refractivity (Wildman–Crippen MR) is 98.3 cm³/mol. The quantitative estimate of drug-likeness (QED) is 0.812. The molecule has 26 heavy (non-hydrogen) atoms. The zero-order valence-electron chi connectivity index (χ0n) is 15.4. The molecule has 0 bridgehead atoms. The van der Waals surface area contributed by atoms with Gasteiger partial charge in [0, 0.05) is 11.1 Å². The van der Waals surface area contributed by atoms with Gasteiger partial charge in [-0.1, -0.05) is 0 Å². The lowest BCUT2D eigenvalue weighted by atomic mass is 10.1. The lowest BCUT2D eigenvalue weighted by molar-refractivity contribution is -0.890. The summed E-state index contributed by atoms with van der Waals surface area (Å²) < 4.78 is 16.3. The molecule has 6 heteroatoms. The Bertz CT molecular complexity index is 759. The number of carbonyl (C=O) groups is 1. The number of hydrogen-bond donors (Lipinski definition) is 2. The minimum atomic E-state index is -0.123. The van der Waals surface area contributed by atoms with Gasteiger partial charge in [0.2, 0.25) is 0 Å². The molecular formula is C20H25N2O4+. The summed E-state index contributed by atoms with van der Waals surface area (Å²) in [7, 11) is 5.80. The van der Waals surface area contributed by atoms with Crippen LogP contribution in [0.15, 0.2) is 42.5 Å². The number of quaternary nitrogens is 1. The highest BCUT2D eigenvalue weighted by atomic mass is 16.6. The van der Waals surface area contributed by atoms with Gasteiger partial charge in [-0.2, -0.15) is 0 Å². The van der Waals surface area contributed by atoms with Gasteiger partial charge in [0.05, 0.1) is 27.7 Å². The molecule has 2 N–H and O–H groups in total. The van der Waals surface area contributed by atoms with Gasteiger partial charge in [-0.15, -0.1) is 0 Å². The first-order chi connectivity index (χ1) is 12.6. The van der Waals surface area contributed by atoms with Gasteiger partial charge in [0.15, 0.2) is 11.5 Å². The van der Waals surface area contributed by atoms with Gasteiger partial charge < -0.3 is 24.4 Å². The second-order valence-corrected chi connectivity index (χ2v) is 6.47. The molecule has 2 aromatic carbocycles. The summed E-state index contributed by atoms with van der Waals surface area (Å²) in [5.74, 6) is 2.00. The first-order valence-corrected chi connectivity index (χ1v) is 8.70. The van der Waals surface area contributed by atoms with Gasteiger partial charge in [-0.25, -0.2) is 0 Å². The molecule has 0 saturated carbocycles. The van der Waals surface area contributed by atoms with Crippen LogP contribution in [0.4, 0.5) is 0 Å². The van der Waals surface area contributed by atoms with E-state index in [4.69, 9.17) is 14.2 Å². The van der Waals surface area contributed by atoms with Crippen LogP contribution in [0.25, 0.3) is 0 Å². The Morgan fingerprint density at radius 2 is 1.81 bits per heavy atom. The Morgan fingerprint density at radius 1 is 1.12 bits per heavy atom. The van der Waals surface area contributed by atoms with Crippen molar-refractivity contribution in [3.05, 3.63) is 53.6 Å². The Balaban J connectivity index is 1.67. The Labute approximate surface area is 153 Å². The van der Waals surface area contributed by atoms with E-state index in [1.165, 1.54) is 4.90 Å². The molecular weight excluding hydrogens is 332 g/mol. The molecule has 1 atom stereocenters. The number of fused-ring (bicyclic) bond motifs is 1. The number of amides is 1. The Hall–Kier alpha value is -2.73. The maximum atomic E-state index is 12.6. The van der Waals surface area contributed by atoms with E-state index in [-0.39, 0.29) is 11.9 Å². The molecule has 0 radical (unpaired) electrons. The predicted octanol–water partition coefficient (Wildman–Crippen LogP) is 1.08. The van der Waals surface area contributed by atoms with E-state index in [1.807, 2.05) is 24.3 Å². The van der Waals surface area contributed by atoms with Gasteiger partial charge in [0.25, 0.3) is 5.91 Å². The summed E-state index contributed by atoms with van der Waals surface area (Å²) in [5.41, 5.74) is 1.71. The molecule has 3 rings (SSSR count). The highest BCUT2D eigenvalue weighted by molar-refractivity contribution is 5.94. The molecule has 2 aromatic rings. The van der Waals surface area contributed by atoms with E-state index < -0.39 is 0 Å². The topological polar surface area (TPSA) is 61.2 Å². The molecule has 0 spiro atoms. The molecule has 1 aliphatic heterocycles. The highest BCUT2D eigenvalue weighted by Gasteiger charge is 2.20. The first kappa shape index (κ1) is 18.1. The highest BCUT2D eigenvalue weighted by Crippen LogP contribution is 2.30. The van der Waals surface area contributed by atoms with Crippen LogP contribution in [0.3, 0.4) is 0 Å².